The van der Waals surface area contributed by atoms with E-state index in [0.29, 0.717) is 47.1 Å². The number of aliphatic hydroxyl groups is 2. The standard InChI is InChI=1S/C46H56N2O10/c1-5-24-55-46-42(48(3)45(52)54-6-2)28-39(47-56-30-31-14-8-7-9-15-31)37-26-32(16-10-12-22-49)36(17-11-13-23-50)43(44(37)46)38-27-35(19-21-41(38)58-46)57-34-18-20-40(53-4)33(25-34)29-51/h5,7-9,14-15,18-21,25-27,29,32,36,42-44,49-50H,1,6,10-13,16-17,22-24,28,30H2,2-4H3. The van der Waals surface area contributed by atoms with Crippen LogP contribution in [0.5, 0.6) is 23.0 Å². The van der Waals surface area contributed by atoms with Crippen LogP contribution in [0, 0.1) is 17.8 Å². The summed E-state index contributed by atoms with van der Waals surface area (Å²) in [6, 6.07) is 19.9. The Labute approximate surface area is 341 Å². The first-order valence-corrected chi connectivity index (χ1v) is 20.3. The van der Waals surface area contributed by atoms with Crippen LogP contribution in [0.25, 0.3) is 0 Å². The fourth-order valence-corrected chi connectivity index (χ4v) is 8.91. The lowest BCUT2D eigenvalue weighted by molar-refractivity contribution is -0.253. The Morgan fingerprint density at radius 2 is 1.76 bits per heavy atom. The lowest BCUT2D eigenvalue weighted by Gasteiger charge is -2.59. The fourth-order valence-electron chi connectivity index (χ4n) is 8.91. The van der Waals surface area contributed by atoms with Gasteiger partial charge in [-0.1, -0.05) is 60.5 Å². The number of aldehydes is 1. The van der Waals surface area contributed by atoms with Crippen LogP contribution >= 0.6 is 0 Å². The maximum Gasteiger partial charge on any atom is 0.409 e. The van der Waals surface area contributed by atoms with Crippen LogP contribution in [0.1, 0.15) is 79.3 Å². The molecule has 12 heteroatoms. The molecule has 1 saturated carbocycles. The van der Waals surface area contributed by atoms with Gasteiger partial charge in [-0.15, -0.1) is 6.58 Å². The molecule has 12 nitrogen and oxygen atoms in total. The molecule has 58 heavy (non-hydrogen) atoms. The molecule has 3 aromatic carbocycles. The molecule has 0 bridgehead atoms. The topological polar surface area (TPSA) is 146 Å². The minimum Gasteiger partial charge on any atom is -0.496 e. The Hall–Kier alpha value is -5.17. The molecular formula is C46H56N2O10. The van der Waals surface area contributed by atoms with E-state index in [1.807, 2.05) is 48.5 Å². The predicted molar refractivity (Wildman–Crippen MR) is 219 cm³/mol. The summed E-state index contributed by atoms with van der Waals surface area (Å²) in [6.45, 7) is 6.50. The molecule has 0 saturated heterocycles. The minimum absolute atomic E-state index is 0.0318. The summed E-state index contributed by atoms with van der Waals surface area (Å²) >= 11 is 0. The second kappa shape index (κ2) is 20.0. The molecule has 3 aliphatic rings. The zero-order chi connectivity index (χ0) is 41.1. The van der Waals surface area contributed by atoms with Gasteiger partial charge in [-0.3, -0.25) is 4.79 Å². The van der Waals surface area contributed by atoms with Crippen molar-refractivity contribution in [2.24, 2.45) is 22.9 Å². The highest BCUT2D eigenvalue weighted by Gasteiger charge is 2.65. The Balaban J connectivity index is 1.55. The Morgan fingerprint density at radius 1 is 1.02 bits per heavy atom. The number of amides is 1. The number of oxime groups is 1. The number of likely N-dealkylation sites (N-methyl/N-ethyl adjacent to an activating group) is 1. The van der Waals surface area contributed by atoms with Gasteiger partial charge >= 0.3 is 6.09 Å². The van der Waals surface area contributed by atoms with Gasteiger partial charge in [0.15, 0.2) is 6.29 Å². The Bertz CT molecular complexity index is 1930. The van der Waals surface area contributed by atoms with Crippen LogP contribution in [0.4, 0.5) is 4.79 Å². The van der Waals surface area contributed by atoms with E-state index in [1.54, 1.807) is 43.1 Å². The number of rotatable bonds is 20. The van der Waals surface area contributed by atoms with E-state index in [0.717, 1.165) is 48.7 Å². The van der Waals surface area contributed by atoms with Gasteiger partial charge in [-0.05, 0) is 92.0 Å². The Morgan fingerprint density at radius 3 is 2.47 bits per heavy atom. The highest BCUT2D eigenvalue weighted by atomic mass is 16.7. The number of allylic oxidation sites excluding steroid dienone is 1. The van der Waals surface area contributed by atoms with Crippen molar-refractivity contribution < 1.29 is 48.3 Å². The van der Waals surface area contributed by atoms with Crippen LogP contribution in [-0.2, 0) is 20.9 Å². The average Bonchev–Trinajstić information content (AvgIpc) is 3.24. The number of hydrogen-bond acceptors (Lipinski definition) is 11. The van der Waals surface area contributed by atoms with Gasteiger partial charge in [0.2, 0.25) is 5.79 Å². The molecule has 2 N–H and O–H groups in total. The van der Waals surface area contributed by atoms with Crippen molar-refractivity contribution in [2.75, 3.05) is 40.6 Å². The zero-order valence-electron chi connectivity index (χ0n) is 33.7. The van der Waals surface area contributed by atoms with Crippen molar-refractivity contribution in [3.63, 3.8) is 0 Å². The van der Waals surface area contributed by atoms with E-state index in [4.69, 9.17) is 33.7 Å². The van der Waals surface area contributed by atoms with E-state index < -0.39 is 23.8 Å². The zero-order valence-corrected chi connectivity index (χ0v) is 33.7. The number of aliphatic hydroxyl groups excluding tert-OH is 2. The molecule has 310 valence electrons. The fraction of sp³-hybridized carbons (Fsp3) is 0.457. The summed E-state index contributed by atoms with van der Waals surface area (Å²) in [5.74, 6) is 0.00593. The van der Waals surface area contributed by atoms with Crippen molar-refractivity contribution in [3.8, 4) is 23.0 Å². The van der Waals surface area contributed by atoms with Gasteiger partial charge < -0.3 is 43.6 Å². The van der Waals surface area contributed by atoms with Gasteiger partial charge in [0, 0.05) is 38.2 Å². The van der Waals surface area contributed by atoms with E-state index in [2.05, 4.69) is 12.7 Å². The number of carbonyl (C=O) groups excluding carboxylic acids is 2. The summed E-state index contributed by atoms with van der Waals surface area (Å²) in [5.41, 5.74) is 3.84. The number of fused-ring (bicyclic) bond motifs is 2. The lowest BCUT2D eigenvalue weighted by atomic mass is 9.55. The van der Waals surface area contributed by atoms with Gasteiger partial charge in [0.25, 0.3) is 0 Å². The summed E-state index contributed by atoms with van der Waals surface area (Å²) in [7, 11) is 3.21. The molecule has 6 unspecified atom stereocenters. The van der Waals surface area contributed by atoms with E-state index >= 15 is 0 Å². The molecule has 1 aliphatic heterocycles. The molecule has 0 radical (unpaired) electrons. The molecular weight excluding hydrogens is 741 g/mol. The van der Waals surface area contributed by atoms with Gasteiger partial charge in [-0.25, -0.2) is 4.79 Å². The van der Waals surface area contributed by atoms with Gasteiger partial charge in [-0.2, -0.15) is 0 Å². The molecule has 3 aromatic rings. The smallest absolute Gasteiger partial charge is 0.409 e. The third-order valence-corrected chi connectivity index (χ3v) is 11.5. The van der Waals surface area contributed by atoms with Crippen LogP contribution in [-0.4, -0.2) is 85.6 Å². The second-order valence-electron chi connectivity index (χ2n) is 15.0. The quantitative estimate of drug-likeness (QED) is 0.0497. The lowest BCUT2D eigenvalue weighted by Crippen LogP contribution is -2.69. The summed E-state index contributed by atoms with van der Waals surface area (Å²) in [4.78, 5) is 33.2. The van der Waals surface area contributed by atoms with Crippen molar-refractivity contribution in [1.82, 2.24) is 4.90 Å². The molecule has 0 spiro atoms. The van der Waals surface area contributed by atoms with Crippen molar-refractivity contribution in [1.29, 1.82) is 0 Å². The van der Waals surface area contributed by atoms with Crippen LogP contribution < -0.4 is 14.2 Å². The highest BCUT2D eigenvalue weighted by molar-refractivity contribution is 6.03. The Kier molecular flexibility index (Phi) is 14.6. The number of carbonyl (C=O) groups is 2. The van der Waals surface area contributed by atoms with Crippen LogP contribution in [0.15, 0.2) is 96.2 Å². The van der Waals surface area contributed by atoms with Crippen molar-refractivity contribution in [2.45, 2.75) is 76.2 Å². The van der Waals surface area contributed by atoms with Gasteiger partial charge in [0.05, 0.1) is 37.5 Å². The third-order valence-electron chi connectivity index (χ3n) is 11.5. The van der Waals surface area contributed by atoms with E-state index in [-0.39, 0.29) is 57.2 Å². The van der Waals surface area contributed by atoms with Crippen molar-refractivity contribution >= 4 is 18.1 Å². The highest BCUT2D eigenvalue weighted by Crippen LogP contribution is 2.62. The molecule has 2 aliphatic carbocycles. The number of hydrogen-bond donors (Lipinski definition) is 2. The number of nitrogens with zero attached hydrogens (tertiary/aromatic N) is 2. The molecule has 1 heterocycles. The maximum absolute atomic E-state index is 13.7. The summed E-state index contributed by atoms with van der Waals surface area (Å²) in [6.07, 6.45) is 8.94. The van der Waals surface area contributed by atoms with Crippen molar-refractivity contribution in [3.05, 3.63) is 108 Å². The number of methoxy groups -OCH3 is 1. The first kappa shape index (κ1) is 42.4. The normalized spacial score (nSPS) is 23.7. The van der Waals surface area contributed by atoms with Gasteiger partial charge in [0.1, 0.15) is 35.6 Å². The third kappa shape index (κ3) is 9.09. The number of benzene rings is 3. The monoisotopic (exact) mass is 796 g/mol. The summed E-state index contributed by atoms with van der Waals surface area (Å²) < 4.78 is 31.4. The molecule has 1 amide bonds. The minimum atomic E-state index is -1.40. The molecule has 6 atom stereocenters. The largest absolute Gasteiger partial charge is 0.496 e. The average molecular weight is 797 g/mol. The maximum atomic E-state index is 13.7. The summed E-state index contributed by atoms with van der Waals surface area (Å²) in [5, 5.41) is 24.6. The van der Waals surface area contributed by atoms with Crippen LogP contribution in [0.3, 0.4) is 0 Å². The molecule has 0 aromatic heterocycles. The van der Waals surface area contributed by atoms with Crippen LogP contribution in [0.2, 0.25) is 0 Å². The molecule has 6 rings (SSSR count). The number of unbranched alkanes of at least 4 members (excludes halogenated alkanes) is 2. The predicted octanol–water partition coefficient (Wildman–Crippen LogP) is 8.22. The SMILES string of the molecule is C=CCOC12Oc3ccc(Oc4ccc(OC)c(C=O)c4)cc3C3C(CCCCO)C(CCCCO)C=C(C(=NOCc4ccccc4)CC1N(C)C(=O)OCC)C32. The van der Waals surface area contributed by atoms with E-state index in [1.165, 1.54) is 7.11 Å². The first-order valence-electron chi connectivity index (χ1n) is 20.3. The number of ether oxygens (including phenoxy) is 5. The molecule has 1 fully saturated rings. The van der Waals surface area contributed by atoms with E-state index in [9.17, 15) is 19.8 Å². The first-order chi connectivity index (χ1) is 28.3. The second-order valence-corrected chi connectivity index (χ2v) is 15.0.